The van der Waals surface area contributed by atoms with Gasteiger partial charge in [-0.05, 0) is 39.0 Å². The fraction of sp³-hybridized carbons (Fsp3) is 0.533. The SMILES string of the molecule is CC(C)(C)N1CCN(c2ccc(C(=N)N)cc2Cl)CC1. The highest BCUT2D eigenvalue weighted by Crippen LogP contribution is 2.28. The molecule has 3 N–H and O–H groups in total. The van der Waals surface area contributed by atoms with E-state index in [2.05, 4.69) is 30.6 Å². The van der Waals surface area contributed by atoms with Crippen molar-refractivity contribution in [2.75, 3.05) is 31.1 Å². The van der Waals surface area contributed by atoms with Gasteiger partial charge < -0.3 is 10.6 Å². The van der Waals surface area contributed by atoms with Gasteiger partial charge in [0.25, 0.3) is 0 Å². The van der Waals surface area contributed by atoms with Crippen molar-refractivity contribution in [3.63, 3.8) is 0 Å². The average molecular weight is 295 g/mol. The number of amidine groups is 1. The lowest BCUT2D eigenvalue weighted by atomic mass is 10.0. The molecular formula is C15H23ClN4. The largest absolute Gasteiger partial charge is 0.384 e. The van der Waals surface area contributed by atoms with Crippen molar-refractivity contribution in [2.24, 2.45) is 5.73 Å². The first-order valence-corrected chi connectivity index (χ1v) is 7.31. The van der Waals surface area contributed by atoms with Crippen LogP contribution in [0.15, 0.2) is 18.2 Å². The van der Waals surface area contributed by atoms with Gasteiger partial charge in [0.1, 0.15) is 5.84 Å². The molecule has 1 aliphatic rings. The van der Waals surface area contributed by atoms with Crippen LogP contribution in [0.25, 0.3) is 0 Å². The number of anilines is 1. The summed E-state index contributed by atoms with van der Waals surface area (Å²) in [4.78, 5) is 4.79. The summed E-state index contributed by atoms with van der Waals surface area (Å²) < 4.78 is 0. The highest BCUT2D eigenvalue weighted by Gasteiger charge is 2.26. The van der Waals surface area contributed by atoms with Gasteiger partial charge in [0.2, 0.25) is 0 Å². The summed E-state index contributed by atoms with van der Waals surface area (Å²) >= 11 is 6.33. The Balaban J connectivity index is 2.09. The van der Waals surface area contributed by atoms with Gasteiger partial charge in [-0.15, -0.1) is 0 Å². The first-order chi connectivity index (χ1) is 9.29. The van der Waals surface area contributed by atoms with Gasteiger partial charge in [-0.3, -0.25) is 10.3 Å². The molecule has 0 unspecified atom stereocenters. The number of benzene rings is 1. The Morgan fingerprint density at radius 2 is 1.80 bits per heavy atom. The molecule has 0 aliphatic carbocycles. The number of rotatable bonds is 2. The van der Waals surface area contributed by atoms with E-state index in [9.17, 15) is 0 Å². The molecule has 1 aliphatic heterocycles. The van der Waals surface area contributed by atoms with E-state index in [0.29, 0.717) is 10.6 Å². The minimum absolute atomic E-state index is 0.0519. The van der Waals surface area contributed by atoms with Gasteiger partial charge in [-0.2, -0.15) is 0 Å². The number of nitrogens with zero attached hydrogens (tertiary/aromatic N) is 2. The molecule has 0 bridgehead atoms. The van der Waals surface area contributed by atoms with Crippen molar-refractivity contribution in [3.05, 3.63) is 28.8 Å². The van der Waals surface area contributed by atoms with E-state index < -0.39 is 0 Å². The van der Waals surface area contributed by atoms with E-state index in [1.54, 1.807) is 6.07 Å². The zero-order valence-corrected chi connectivity index (χ0v) is 13.2. The standard InChI is InChI=1S/C15H23ClN4/c1-15(2,3)20-8-6-19(7-9-20)13-5-4-11(14(17)18)10-12(13)16/h4-5,10H,6-9H2,1-3H3,(H3,17,18). The van der Waals surface area contributed by atoms with E-state index in [-0.39, 0.29) is 11.4 Å². The molecule has 1 fully saturated rings. The smallest absolute Gasteiger partial charge is 0.122 e. The molecule has 0 aromatic heterocycles. The molecule has 1 saturated heterocycles. The van der Waals surface area contributed by atoms with Crippen LogP contribution in [0.5, 0.6) is 0 Å². The molecule has 1 aromatic rings. The van der Waals surface area contributed by atoms with Gasteiger partial charge in [-0.25, -0.2) is 0 Å². The predicted octanol–water partition coefficient (Wildman–Crippen LogP) is 2.54. The minimum Gasteiger partial charge on any atom is -0.384 e. The number of hydrogen-bond acceptors (Lipinski definition) is 3. The Morgan fingerprint density at radius 1 is 1.20 bits per heavy atom. The van der Waals surface area contributed by atoms with Gasteiger partial charge in [0, 0.05) is 37.3 Å². The number of halogens is 1. The average Bonchev–Trinajstić information content (AvgIpc) is 2.37. The molecule has 0 spiro atoms. The fourth-order valence-corrected chi connectivity index (χ4v) is 2.85. The van der Waals surface area contributed by atoms with Gasteiger partial charge in [-0.1, -0.05) is 11.6 Å². The van der Waals surface area contributed by atoms with Crippen LogP contribution in [0, 0.1) is 5.41 Å². The third-order valence-corrected chi connectivity index (χ3v) is 4.13. The first-order valence-electron chi connectivity index (χ1n) is 6.93. The minimum atomic E-state index is 0.0519. The predicted molar refractivity (Wildman–Crippen MR) is 86.0 cm³/mol. The zero-order chi connectivity index (χ0) is 14.9. The second-order valence-corrected chi connectivity index (χ2v) is 6.63. The first kappa shape index (κ1) is 15.1. The van der Waals surface area contributed by atoms with Crippen LogP contribution in [-0.2, 0) is 0 Å². The molecule has 0 radical (unpaired) electrons. The van der Waals surface area contributed by atoms with Crippen LogP contribution < -0.4 is 10.6 Å². The van der Waals surface area contributed by atoms with Crippen molar-refractivity contribution < 1.29 is 0 Å². The second-order valence-electron chi connectivity index (χ2n) is 6.22. The lowest BCUT2D eigenvalue weighted by Gasteiger charge is -2.43. The van der Waals surface area contributed by atoms with Crippen molar-refractivity contribution in [1.29, 1.82) is 5.41 Å². The molecule has 0 saturated carbocycles. The quantitative estimate of drug-likeness (QED) is 0.651. The summed E-state index contributed by atoms with van der Waals surface area (Å²) in [6, 6.07) is 5.60. The Morgan fingerprint density at radius 3 is 2.25 bits per heavy atom. The number of nitrogens with two attached hydrogens (primary N) is 1. The number of hydrogen-bond donors (Lipinski definition) is 2. The lowest BCUT2D eigenvalue weighted by molar-refractivity contribution is 0.128. The van der Waals surface area contributed by atoms with Crippen molar-refractivity contribution in [3.8, 4) is 0 Å². The van der Waals surface area contributed by atoms with E-state index in [4.69, 9.17) is 22.7 Å². The van der Waals surface area contributed by atoms with Crippen LogP contribution in [-0.4, -0.2) is 42.5 Å². The maximum atomic E-state index is 7.44. The van der Waals surface area contributed by atoms with Crippen LogP contribution in [0.1, 0.15) is 26.3 Å². The lowest BCUT2D eigenvalue weighted by Crippen LogP contribution is -2.53. The number of nitrogen functional groups attached to an aromatic ring is 1. The molecule has 20 heavy (non-hydrogen) atoms. The Bertz CT molecular complexity index is 499. The molecule has 0 atom stereocenters. The van der Waals surface area contributed by atoms with Crippen molar-refractivity contribution >= 4 is 23.1 Å². The maximum Gasteiger partial charge on any atom is 0.122 e. The Labute approximate surface area is 126 Å². The van der Waals surface area contributed by atoms with Crippen molar-refractivity contribution in [1.82, 2.24) is 4.90 Å². The van der Waals surface area contributed by atoms with Crippen LogP contribution in [0.3, 0.4) is 0 Å². The Hall–Kier alpha value is -1.26. The van der Waals surface area contributed by atoms with Crippen molar-refractivity contribution in [2.45, 2.75) is 26.3 Å². The molecule has 2 rings (SSSR count). The maximum absolute atomic E-state index is 7.44. The summed E-state index contributed by atoms with van der Waals surface area (Å²) in [6.07, 6.45) is 0. The summed E-state index contributed by atoms with van der Waals surface area (Å²) in [5.41, 5.74) is 7.40. The monoisotopic (exact) mass is 294 g/mol. The second kappa shape index (κ2) is 5.62. The fourth-order valence-electron chi connectivity index (χ4n) is 2.55. The van der Waals surface area contributed by atoms with Crippen LogP contribution in [0.2, 0.25) is 5.02 Å². The molecule has 0 amide bonds. The summed E-state index contributed by atoms with van der Waals surface area (Å²) in [6.45, 7) is 10.8. The van der Waals surface area contributed by atoms with Crippen LogP contribution in [0.4, 0.5) is 5.69 Å². The Kier molecular flexibility index (Phi) is 4.25. The third-order valence-electron chi connectivity index (χ3n) is 3.83. The molecule has 110 valence electrons. The normalized spacial score (nSPS) is 17.3. The zero-order valence-electron chi connectivity index (χ0n) is 12.4. The van der Waals surface area contributed by atoms with Gasteiger partial charge in [0.15, 0.2) is 0 Å². The number of nitrogens with one attached hydrogen (secondary N) is 1. The molecular weight excluding hydrogens is 272 g/mol. The molecule has 5 heteroatoms. The number of piperazine rings is 1. The summed E-state index contributed by atoms with van der Waals surface area (Å²) in [7, 11) is 0. The highest BCUT2D eigenvalue weighted by molar-refractivity contribution is 6.33. The van der Waals surface area contributed by atoms with Gasteiger partial charge in [0.05, 0.1) is 10.7 Å². The third kappa shape index (κ3) is 3.25. The molecule has 1 aromatic carbocycles. The summed E-state index contributed by atoms with van der Waals surface area (Å²) in [5.74, 6) is 0.0519. The van der Waals surface area contributed by atoms with E-state index in [0.717, 1.165) is 31.9 Å². The van der Waals surface area contributed by atoms with Crippen LogP contribution >= 0.6 is 11.6 Å². The topological polar surface area (TPSA) is 56.4 Å². The summed E-state index contributed by atoms with van der Waals surface area (Å²) in [5, 5.41) is 8.11. The van der Waals surface area contributed by atoms with Gasteiger partial charge >= 0.3 is 0 Å². The highest BCUT2D eigenvalue weighted by atomic mass is 35.5. The van der Waals surface area contributed by atoms with E-state index in [1.807, 2.05) is 12.1 Å². The van der Waals surface area contributed by atoms with E-state index in [1.165, 1.54) is 0 Å². The van der Waals surface area contributed by atoms with E-state index >= 15 is 0 Å². The molecule has 4 nitrogen and oxygen atoms in total. The molecule has 1 heterocycles.